The molecule has 1 heterocycles. The van der Waals surface area contributed by atoms with Gasteiger partial charge in [-0.05, 0) is 37.1 Å². The number of nitrogens with zero attached hydrogens (tertiary/aromatic N) is 2. The summed E-state index contributed by atoms with van der Waals surface area (Å²) in [6, 6.07) is 25.6. The molecule has 1 saturated carbocycles. The first-order valence-corrected chi connectivity index (χ1v) is 11.9. The molecule has 1 aromatic heterocycles. The second-order valence-electron chi connectivity index (χ2n) is 8.62. The minimum Gasteiger partial charge on any atom is -0.484 e. The highest BCUT2D eigenvalue weighted by Gasteiger charge is 2.29. The van der Waals surface area contributed by atoms with Crippen LogP contribution >= 0.6 is 0 Å². The molecule has 0 saturated heterocycles. The molecular formula is C28H25N5O4. The Morgan fingerprint density at radius 2 is 1.62 bits per heavy atom. The van der Waals surface area contributed by atoms with E-state index in [2.05, 4.69) is 21.3 Å². The number of hydrogen-bond donors (Lipinski definition) is 3. The topological polar surface area (TPSA) is 114 Å². The van der Waals surface area contributed by atoms with E-state index in [1.54, 1.807) is 35.1 Å². The molecule has 4 aromatic rings. The lowest BCUT2D eigenvalue weighted by Crippen LogP contribution is -2.43. The highest BCUT2D eigenvalue weighted by molar-refractivity contribution is 6.00. The van der Waals surface area contributed by atoms with E-state index in [0.29, 0.717) is 22.7 Å². The Morgan fingerprint density at radius 1 is 0.892 bits per heavy atom. The summed E-state index contributed by atoms with van der Waals surface area (Å²) in [5, 5.41) is 7.45. The molecule has 5 rings (SSSR count). The number of para-hydroxylation sites is 1. The molecule has 0 unspecified atom stereocenters. The Hall–Kier alpha value is -4.92. The SMILES string of the molecule is O=C(COc1cccc(NC(=O)C2CC2)c1)NNC(=O)c1cn(-c2ccccc2)nc1-c1ccccc1. The zero-order chi connectivity index (χ0) is 25.6. The van der Waals surface area contributed by atoms with E-state index < -0.39 is 11.8 Å². The van der Waals surface area contributed by atoms with Crippen LogP contribution in [-0.2, 0) is 9.59 Å². The second kappa shape index (κ2) is 10.8. The van der Waals surface area contributed by atoms with Gasteiger partial charge >= 0.3 is 0 Å². The summed E-state index contributed by atoms with van der Waals surface area (Å²) < 4.78 is 7.15. The Kier molecular flexibility index (Phi) is 6.93. The lowest BCUT2D eigenvalue weighted by Gasteiger charge is -2.10. The summed E-state index contributed by atoms with van der Waals surface area (Å²) in [4.78, 5) is 37.3. The number of anilines is 1. The third-order valence-electron chi connectivity index (χ3n) is 5.76. The van der Waals surface area contributed by atoms with E-state index in [-0.39, 0.29) is 18.4 Å². The maximum Gasteiger partial charge on any atom is 0.276 e. The number of amides is 3. The summed E-state index contributed by atoms with van der Waals surface area (Å²) >= 11 is 0. The van der Waals surface area contributed by atoms with Crippen molar-refractivity contribution in [1.82, 2.24) is 20.6 Å². The highest BCUT2D eigenvalue weighted by Crippen LogP contribution is 2.30. The fourth-order valence-electron chi connectivity index (χ4n) is 3.69. The van der Waals surface area contributed by atoms with Crippen molar-refractivity contribution in [3.05, 3.63) is 96.7 Å². The molecule has 3 amide bonds. The molecule has 0 spiro atoms. The number of ether oxygens (including phenoxy) is 1. The van der Waals surface area contributed by atoms with E-state index in [9.17, 15) is 14.4 Å². The number of hydrogen-bond acceptors (Lipinski definition) is 5. The maximum absolute atomic E-state index is 13.0. The molecule has 1 aliphatic carbocycles. The molecule has 9 nitrogen and oxygen atoms in total. The molecule has 3 N–H and O–H groups in total. The largest absolute Gasteiger partial charge is 0.484 e. The first-order chi connectivity index (χ1) is 18.1. The first kappa shape index (κ1) is 23.8. The van der Waals surface area contributed by atoms with Gasteiger partial charge in [0, 0.05) is 29.4 Å². The number of carbonyl (C=O) groups excluding carboxylic acids is 3. The van der Waals surface area contributed by atoms with E-state index in [0.717, 1.165) is 24.1 Å². The number of benzene rings is 3. The normalized spacial score (nSPS) is 12.4. The highest BCUT2D eigenvalue weighted by atomic mass is 16.5. The Bertz CT molecular complexity index is 1420. The van der Waals surface area contributed by atoms with Crippen LogP contribution in [-0.4, -0.2) is 34.1 Å². The van der Waals surface area contributed by atoms with Gasteiger partial charge in [0.2, 0.25) is 5.91 Å². The molecule has 186 valence electrons. The predicted octanol–water partition coefficient (Wildman–Crippen LogP) is 3.73. The van der Waals surface area contributed by atoms with Crippen LogP contribution in [0.2, 0.25) is 0 Å². The summed E-state index contributed by atoms with van der Waals surface area (Å²) in [6.45, 7) is -0.324. The molecule has 0 radical (unpaired) electrons. The van der Waals surface area contributed by atoms with Gasteiger partial charge in [-0.1, -0.05) is 54.6 Å². The van der Waals surface area contributed by atoms with Crippen molar-refractivity contribution in [2.45, 2.75) is 12.8 Å². The Morgan fingerprint density at radius 3 is 2.35 bits per heavy atom. The van der Waals surface area contributed by atoms with Crippen LogP contribution in [0.4, 0.5) is 5.69 Å². The number of aromatic nitrogens is 2. The van der Waals surface area contributed by atoms with Gasteiger partial charge in [-0.2, -0.15) is 5.10 Å². The van der Waals surface area contributed by atoms with Crippen LogP contribution in [0.3, 0.4) is 0 Å². The molecule has 9 heteroatoms. The van der Waals surface area contributed by atoms with Gasteiger partial charge in [-0.3, -0.25) is 25.2 Å². The van der Waals surface area contributed by atoms with Gasteiger partial charge in [0.25, 0.3) is 11.8 Å². The third kappa shape index (κ3) is 6.02. The zero-order valence-electron chi connectivity index (χ0n) is 19.9. The molecule has 1 aliphatic rings. The number of hydrazine groups is 1. The van der Waals surface area contributed by atoms with Gasteiger partial charge in [-0.15, -0.1) is 0 Å². The number of rotatable bonds is 8. The maximum atomic E-state index is 13.0. The Labute approximate surface area is 213 Å². The summed E-state index contributed by atoms with van der Waals surface area (Å²) in [6.07, 6.45) is 3.44. The average Bonchev–Trinajstić information content (AvgIpc) is 3.70. The van der Waals surface area contributed by atoms with Crippen LogP contribution in [0.1, 0.15) is 23.2 Å². The van der Waals surface area contributed by atoms with Gasteiger partial charge in [0.1, 0.15) is 11.4 Å². The molecule has 0 aliphatic heterocycles. The number of nitrogens with one attached hydrogen (secondary N) is 3. The minimum atomic E-state index is -0.544. The molecule has 1 fully saturated rings. The fourth-order valence-corrected chi connectivity index (χ4v) is 3.69. The summed E-state index contributed by atoms with van der Waals surface area (Å²) in [5.41, 5.74) is 7.77. The van der Waals surface area contributed by atoms with Crippen molar-refractivity contribution in [3.63, 3.8) is 0 Å². The van der Waals surface area contributed by atoms with Crippen molar-refractivity contribution in [3.8, 4) is 22.7 Å². The van der Waals surface area contributed by atoms with Gasteiger partial charge < -0.3 is 10.1 Å². The smallest absolute Gasteiger partial charge is 0.276 e. The summed E-state index contributed by atoms with van der Waals surface area (Å²) in [5.74, 6) is -0.563. The number of carbonyl (C=O) groups is 3. The lowest BCUT2D eigenvalue weighted by atomic mass is 10.1. The average molecular weight is 496 g/mol. The molecule has 3 aromatic carbocycles. The van der Waals surface area contributed by atoms with Crippen molar-refractivity contribution < 1.29 is 19.1 Å². The molecule has 37 heavy (non-hydrogen) atoms. The third-order valence-corrected chi connectivity index (χ3v) is 5.76. The first-order valence-electron chi connectivity index (χ1n) is 11.9. The van der Waals surface area contributed by atoms with Gasteiger partial charge in [-0.25, -0.2) is 4.68 Å². The fraction of sp³-hybridized carbons (Fsp3) is 0.143. The molecular weight excluding hydrogens is 470 g/mol. The van der Waals surface area contributed by atoms with E-state index in [1.165, 1.54) is 0 Å². The van der Waals surface area contributed by atoms with E-state index in [1.807, 2.05) is 60.7 Å². The van der Waals surface area contributed by atoms with E-state index >= 15 is 0 Å². The zero-order valence-corrected chi connectivity index (χ0v) is 19.9. The van der Waals surface area contributed by atoms with Crippen molar-refractivity contribution in [2.24, 2.45) is 5.92 Å². The lowest BCUT2D eigenvalue weighted by molar-refractivity contribution is -0.123. The predicted molar refractivity (Wildman–Crippen MR) is 138 cm³/mol. The molecule has 0 atom stereocenters. The van der Waals surface area contributed by atoms with Crippen LogP contribution < -0.4 is 20.9 Å². The summed E-state index contributed by atoms with van der Waals surface area (Å²) in [7, 11) is 0. The van der Waals surface area contributed by atoms with Crippen LogP contribution in [0.15, 0.2) is 91.1 Å². The standard InChI is InChI=1S/C28H25N5O4/c34-25(18-37-23-13-7-10-21(16-23)29-27(35)20-14-15-20)30-31-28(36)24-17-33(22-11-5-2-6-12-22)32-26(24)19-8-3-1-4-9-19/h1-13,16-17,20H,14-15,18H2,(H,29,35)(H,30,34)(H,31,36). The quantitative estimate of drug-likeness (QED) is 0.322. The Balaban J connectivity index is 1.21. The minimum absolute atomic E-state index is 0.0111. The van der Waals surface area contributed by atoms with Crippen LogP contribution in [0.25, 0.3) is 16.9 Å². The van der Waals surface area contributed by atoms with E-state index in [4.69, 9.17) is 4.74 Å². The van der Waals surface area contributed by atoms with Crippen LogP contribution in [0, 0.1) is 5.92 Å². The van der Waals surface area contributed by atoms with Gasteiger partial charge in [0.15, 0.2) is 6.61 Å². The van der Waals surface area contributed by atoms with Crippen molar-refractivity contribution in [1.29, 1.82) is 0 Å². The molecule has 0 bridgehead atoms. The van der Waals surface area contributed by atoms with Crippen molar-refractivity contribution >= 4 is 23.4 Å². The monoisotopic (exact) mass is 495 g/mol. The van der Waals surface area contributed by atoms with Crippen LogP contribution in [0.5, 0.6) is 5.75 Å². The second-order valence-corrected chi connectivity index (χ2v) is 8.62. The van der Waals surface area contributed by atoms with Gasteiger partial charge in [0.05, 0.1) is 11.3 Å². The van der Waals surface area contributed by atoms with Crippen molar-refractivity contribution in [2.75, 3.05) is 11.9 Å².